The van der Waals surface area contributed by atoms with Gasteiger partial charge in [0.1, 0.15) is 11.9 Å². The minimum absolute atomic E-state index is 0.244. The smallest absolute Gasteiger partial charge is 0.410 e. The van der Waals surface area contributed by atoms with E-state index in [1.54, 1.807) is 28.7 Å². The number of piperidine rings is 1. The number of nitrogens with zero attached hydrogens (tertiary/aromatic N) is 2. The molecule has 3 heterocycles. The Hall–Kier alpha value is -2.35. The molecule has 0 atom stereocenters. The number of aromatic nitrogens is 1. The molecule has 2 aromatic rings. The minimum Gasteiger partial charge on any atom is -0.465 e. The van der Waals surface area contributed by atoms with Gasteiger partial charge in [-0.05, 0) is 58.4 Å². The van der Waals surface area contributed by atoms with Gasteiger partial charge in [0.2, 0.25) is 0 Å². The van der Waals surface area contributed by atoms with Crippen molar-refractivity contribution in [3.05, 3.63) is 28.5 Å². The molecule has 1 amide bonds. The van der Waals surface area contributed by atoms with Gasteiger partial charge in [-0.1, -0.05) is 5.16 Å². The van der Waals surface area contributed by atoms with Crippen LogP contribution in [-0.4, -0.2) is 47.9 Å². The fraction of sp³-hybridized carbons (Fsp3) is 0.571. The van der Waals surface area contributed by atoms with Crippen LogP contribution >= 0.6 is 11.3 Å². The fourth-order valence-electron chi connectivity index (χ4n) is 3.53. The third-order valence-electron chi connectivity index (χ3n) is 5.07. The summed E-state index contributed by atoms with van der Waals surface area (Å²) >= 11 is 1.59. The molecule has 2 aromatic heterocycles. The van der Waals surface area contributed by atoms with E-state index in [2.05, 4.69) is 5.16 Å². The Kier molecular flexibility index (Phi) is 6.31. The maximum absolute atomic E-state index is 12.4. The van der Waals surface area contributed by atoms with Gasteiger partial charge in [0.15, 0.2) is 0 Å². The van der Waals surface area contributed by atoms with Crippen LogP contribution in [0.25, 0.3) is 10.4 Å². The van der Waals surface area contributed by atoms with E-state index in [1.165, 1.54) is 7.11 Å². The van der Waals surface area contributed by atoms with Crippen LogP contribution in [0.2, 0.25) is 0 Å². The summed E-state index contributed by atoms with van der Waals surface area (Å²) in [4.78, 5) is 28.4. The lowest BCUT2D eigenvalue weighted by Gasteiger charge is -2.33. The molecule has 158 valence electrons. The van der Waals surface area contributed by atoms with E-state index in [0.717, 1.165) is 40.1 Å². The molecule has 1 aliphatic heterocycles. The standard InChI is InChI=1S/C21H28N2O5S/c1-13-16(29-18(15-11-22-27-12-15)17(13)19(24)26-5)10-14-6-8-23(9-7-14)20(25)28-21(2,3)4/h11-12,14H,6-10H2,1-5H3. The molecule has 29 heavy (non-hydrogen) atoms. The highest BCUT2D eigenvalue weighted by Crippen LogP contribution is 2.39. The number of hydrogen-bond acceptors (Lipinski definition) is 7. The summed E-state index contributed by atoms with van der Waals surface area (Å²) in [5.41, 5.74) is 1.84. The van der Waals surface area contributed by atoms with Crippen LogP contribution in [0.5, 0.6) is 0 Å². The van der Waals surface area contributed by atoms with Crippen LogP contribution in [0.4, 0.5) is 4.79 Å². The molecule has 0 aliphatic carbocycles. The van der Waals surface area contributed by atoms with Crippen molar-refractivity contribution >= 4 is 23.4 Å². The average molecular weight is 421 g/mol. The highest BCUT2D eigenvalue weighted by Gasteiger charge is 2.29. The molecular formula is C21H28N2O5S. The summed E-state index contributed by atoms with van der Waals surface area (Å²) in [6, 6.07) is 0. The van der Waals surface area contributed by atoms with Gasteiger partial charge in [0, 0.05) is 18.0 Å². The number of thiophene rings is 1. The highest BCUT2D eigenvalue weighted by molar-refractivity contribution is 7.16. The maximum atomic E-state index is 12.4. The highest BCUT2D eigenvalue weighted by atomic mass is 32.1. The second kappa shape index (κ2) is 8.57. The van der Waals surface area contributed by atoms with Gasteiger partial charge < -0.3 is 18.9 Å². The molecule has 0 N–H and O–H groups in total. The predicted molar refractivity (Wildman–Crippen MR) is 110 cm³/mol. The number of hydrogen-bond donors (Lipinski definition) is 0. The summed E-state index contributed by atoms with van der Waals surface area (Å²) in [7, 11) is 1.39. The summed E-state index contributed by atoms with van der Waals surface area (Å²) < 4.78 is 15.4. The van der Waals surface area contributed by atoms with Crippen molar-refractivity contribution in [1.82, 2.24) is 10.1 Å². The van der Waals surface area contributed by atoms with E-state index in [-0.39, 0.29) is 12.1 Å². The summed E-state index contributed by atoms with van der Waals surface area (Å²) in [6.07, 6.45) is 5.60. The Morgan fingerprint density at radius 2 is 2.00 bits per heavy atom. The molecule has 0 bridgehead atoms. The summed E-state index contributed by atoms with van der Waals surface area (Å²) in [5, 5.41) is 3.76. The first kappa shape index (κ1) is 21.4. The van der Waals surface area contributed by atoms with Crippen molar-refractivity contribution in [2.45, 2.75) is 52.6 Å². The summed E-state index contributed by atoms with van der Waals surface area (Å²) in [6.45, 7) is 8.97. The number of ether oxygens (including phenoxy) is 2. The lowest BCUT2D eigenvalue weighted by molar-refractivity contribution is 0.0184. The Balaban J connectivity index is 1.70. The van der Waals surface area contributed by atoms with E-state index in [0.29, 0.717) is 24.6 Å². The van der Waals surface area contributed by atoms with Crippen molar-refractivity contribution < 1.29 is 23.6 Å². The van der Waals surface area contributed by atoms with Crippen molar-refractivity contribution in [3.8, 4) is 10.4 Å². The first-order valence-corrected chi connectivity index (χ1v) is 10.6. The number of esters is 1. The predicted octanol–water partition coefficient (Wildman–Crippen LogP) is 4.69. The van der Waals surface area contributed by atoms with Crippen molar-refractivity contribution in [2.75, 3.05) is 20.2 Å². The van der Waals surface area contributed by atoms with Crippen molar-refractivity contribution in [3.63, 3.8) is 0 Å². The van der Waals surface area contributed by atoms with Gasteiger partial charge in [-0.25, -0.2) is 9.59 Å². The summed E-state index contributed by atoms with van der Waals surface area (Å²) in [5.74, 6) is 0.104. The van der Waals surface area contributed by atoms with Gasteiger partial charge in [-0.15, -0.1) is 11.3 Å². The SMILES string of the molecule is COC(=O)c1c(-c2cnoc2)sc(CC2CCN(C(=O)OC(C)(C)C)CC2)c1C. The molecule has 3 rings (SSSR count). The molecule has 0 aromatic carbocycles. The number of carbonyl (C=O) groups excluding carboxylic acids is 2. The molecule has 1 saturated heterocycles. The van der Waals surface area contributed by atoms with Crippen molar-refractivity contribution in [1.29, 1.82) is 0 Å². The largest absolute Gasteiger partial charge is 0.465 e. The Bertz CT molecular complexity index is 859. The van der Waals surface area contributed by atoms with E-state index in [4.69, 9.17) is 14.0 Å². The second-order valence-corrected chi connectivity index (χ2v) is 9.48. The number of likely N-dealkylation sites (tertiary alicyclic amines) is 1. The number of methoxy groups -OCH3 is 1. The van der Waals surface area contributed by atoms with Crippen LogP contribution in [-0.2, 0) is 15.9 Å². The Labute approximate surface area is 175 Å². The maximum Gasteiger partial charge on any atom is 0.410 e. The van der Waals surface area contributed by atoms with E-state index < -0.39 is 5.60 Å². The molecule has 1 fully saturated rings. The fourth-order valence-corrected chi connectivity index (χ4v) is 4.91. The van der Waals surface area contributed by atoms with E-state index in [1.807, 2.05) is 27.7 Å². The molecule has 0 spiro atoms. The molecule has 1 aliphatic rings. The van der Waals surface area contributed by atoms with Gasteiger partial charge in [-0.3, -0.25) is 0 Å². The van der Waals surface area contributed by atoms with Crippen LogP contribution < -0.4 is 0 Å². The molecule has 7 nitrogen and oxygen atoms in total. The number of amides is 1. The van der Waals surface area contributed by atoms with Crippen LogP contribution in [0.15, 0.2) is 17.0 Å². The number of rotatable bonds is 4. The molecular weight excluding hydrogens is 392 g/mol. The Morgan fingerprint density at radius 1 is 1.31 bits per heavy atom. The second-order valence-electron chi connectivity index (χ2n) is 8.37. The molecule has 0 saturated carbocycles. The lowest BCUT2D eigenvalue weighted by Crippen LogP contribution is -2.42. The normalized spacial score (nSPS) is 15.4. The minimum atomic E-state index is -0.482. The zero-order chi connectivity index (χ0) is 21.2. The molecule has 0 radical (unpaired) electrons. The van der Waals surface area contributed by atoms with Gasteiger partial charge in [-0.2, -0.15) is 0 Å². The van der Waals surface area contributed by atoms with Crippen LogP contribution in [0.1, 0.15) is 54.4 Å². The molecule has 0 unspecified atom stereocenters. The number of carbonyl (C=O) groups is 2. The van der Waals surface area contributed by atoms with Gasteiger partial charge >= 0.3 is 12.1 Å². The first-order chi connectivity index (χ1) is 13.7. The Morgan fingerprint density at radius 3 is 2.55 bits per heavy atom. The van der Waals surface area contributed by atoms with Crippen molar-refractivity contribution in [2.24, 2.45) is 5.92 Å². The topological polar surface area (TPSA) is 81.9 Å². The van der Waals surface area contributed by atoms with Crippen LogP contribution in [0.3, 0.4) is 0 Å². The zero-order valence-corrected chi connectivity index (χ0v) is 18.4. The van der Waals surface area contributed by atoms with E-state index in [9.17, 15) is 9.59 Å². The van der Waals surface area contributed by atoms with Gasteiger partial charge in [0.05, 0.1) is 29.3 Å². The monoisotopic (exact) mass is 420 g/mol. The van der Waals surface area contributed by atoms with Crippen LogP contribution in [0, 0.1) is 12.8 Å². The third-order valence-corrected chi connectivity index (χ3v) is 6.43. The third kappa shape index (κ3) is 4.98. The zero-order valence-electron chi connectivity index (χ0n) is 17.6. The van der Waals surface area contributed by atoms with E-state index >= 15 is 0 Å². The average Bonchev–Trinajstić information content (AvgIpc) is 3.29. The lowest BCUT2D eigenvalue weighted by atomic mass is 9.91. The quantitative estimate of drug-likeness (QED) is 0.668. The molecule has 8 heteroatoms. The first-order valence-electron chi connectivity index (χ1n) is 9.78. The van der Waals surface area contributed by atoms with Gasteiger partial charge in [0.25, 0.3) is 0 Å².